The lowest BCUT2D eigenvalue weighted by atomic mass is 10.2. The van der Waals surface area contributed by atoms with Crippen molar-refractivity contribution in [2.45, 2.75) is 0 Å². The first-order valence-corrected chi connectivity index (χ1v) is 6.23. The summed E-state index contributed by atoms with van der Waals surface area (Å²) in [6.45, 7) is 0. The molecule has 0 aliphatic heterocycles. The maximum atomic E-state index is 11.9. The summed E-state index contributed by atoms with van der Waals surface area (Å²) in [5, 5.41) is 11.7. The second-order valence-corrected chi connectivity index (χ2v) is 4.69. The van der Waals surface area contributed by atoms with Crippen LogP contribution in [0.5, 0.6) is 0 Å². The molecule has 0 radical (unpaired) electrons. The number of halogens is 2. The fourth-order valence-corrected chi connectivity index (χ4v) is 1.98. The molecule has 1 heterocycles. The minimum Gasteiger partial charge on any atom is -0.478 e. The Kier molecular flexibility index (Phi) is 3.92. The molecule has 1 aromatic heterocycles. The minimum absolute atomic E-state index is 0.0333. The molecule has 98 valence electrons. The Morgan fingerprint density at radius 1 is 1.32 bits per heavy atom. The van der Waals surface area contributed by atoms with Gasteiger partial charge in [0.1, 0.15) is 0 Å². The molecule has 0 bridgehead atoms. The third-order valence-corrected chi connectivity index (χ3v) is 3.27. The zero-order chi connectivity index (χ0) is 14.0. The van der Waals surface area contributed by atoms with E-state index in [4.69, 9.17) is 21.1 Å². The van der Waals surface area contributed by atoms with E-state index >= 15 is 0 Å². The molecule has 0 spiro atoms. The van der Waals surface area contributed by atoms with Crippen molar-refractivity contribution in [3.8, 4) is 0 Å². The van der Waals surface area contributed by atoms with Gasteiger partial charge >= 0.3 is 5.97 Å². The number of benzene rings is 1. The largest absolute Gasteiger partial charge is 0.478 e. The Labute approximate surface area is 121 Å². The molecule has 0 atom stereocenters. The summed E-state index contributed by atoms with van der Waals surface area (Å²) >= 11 is 8.99. The molecule has 2 rings (SSSR count). The number of amides is 1. The van der Waals surface area contributed by atoms with Crippen molar-refractivity contribution in [1.29, 1.82) is 0 Å². The zero-order valence-electron chi connectivity index (χ0n) is 9.31. The van der Waals surface area contributed by atoms with Crippen LogP contribution >= 0.6 is 27.5 Å². The molecule has 1 amide bonds. The van der Waals surface area contributed by atoms with Gasteiger partial charge in [-0.15, -0.1) is 0 Å². The summed E-state index contributed by atoms with van der Waals surface area (Å²) < 4.78 is 5.23. The second kappa shape index (κ2) is 5.46. The normalized spacial score (nSPS) is 10.2. The number of carbonyl (C=O) groups excluding carboxylic acids is 1. The monoisotopic (exact) mass is 343 g/mol. The lowest BCUT2D eigenvalue weighted by Crippen LogP contribution is -2.12. The number of carbonyl (C=O) groups is 2. The summed E-state index contributed by atoms with van der Waals surface area (Å²) in [5.74, 6) is -1.55. The Morgan fingerprint density at radius 2 is 2.05 bits per heavy atom. The first-order valence-electron chi connectivity index (χ1n) is 5.06. The van der Waals surface area contributed by atoms with Gasteiger partial charge in [0.2, 0.25) is 0 Å². The highest BCUT2D eigenvalue weighted by Gasteiger charge is 2.15. The average Bonchev–Trinajstić information content (AvgIpc) is 2.78. The van der Waals surface area contributed by atoms with E-state index in [2.05, 4.69) is 21.2 Å². The van der Waals surface area contributed by atoms with E-state index in [1.54, 1.807) is 0 Å². The zero-order valence-corrected chi connectivity index (χ0v) is 11.7. The highest BCUT2D eigenvalue weighted by atomic mass is 79.9. The molecular weight excluding hydrogens is 337 g/mol. The predicted molar refractivity (Wildman–Crippen MR) is 72.8 cm³/mol. The van der Waals surface area contributed by atoms with Crippen LogP contribution in [0.1, 0.15) is 20.7 Å². The third-order valence-electron chi connectivity index (χ3n) is 2.32. The van der Waals surface area contributed by atoms with E-state index in [9.17, 15) is 9.59 Å². The van der Waals surface area contributed by atoms with Crippen LogP contribution in [-0.2, 0) is 0 Å². The fourth-order valence-electron chi connectivity index (χ4n) is 1.40. The first kappa shape index (κ1) is 13.6. The molecule has 7 heteroatoms. The van der Waals surface area contributed by atoms with Crippen LogP contribution in [0.2, 0.25) is 5.02 Å². The van der Waals surface area contributed by atoms with Gasteiger partial charge in [0.05, 0.1) is 28.1 Å². The molecule has 5 nitrogen and oxygen atoms in total. The number of nitrogens with one attached hydrogen (secondary N) is 1. The van der Waals surface area contributed by atoms with Gasteiger partial charge in [-0.2, -0.15) is 0 Å². The molecule has 1 aromatic carbocycles. The standard InChI is InChI=1S/C12H7BrClNO4/c13-10-7(3-4-19-10)11(16)15-9-5-6(12(17)18)1-2-8(9)14/h1-5H,(H,15,16)(H,17,18). The van der Waals surface area contributed by atoms with E-state index in [1.807, 2.05) is 0 Å². The van der Waals surface area contributed by atoms with Gasteiger partial charge in [0.15, 0.2) is 4.67 Å². The van der Waals surface area contributed by atoms with Crippen molar-refractivity contribution < 1.29 is 19.1 Å². The molecule has 19 heavy (non-hydrogen) atoms. The summed E-state index contributed by atoms with van der Waals surface area (Å²) in [4.78, 5) is 22.8. The van der Waals surface area contributed by atoms with Crippen molar-refractivity contribution >= 4 is 45.1 Å². The quantitative estimate of drug-likeness (QED) is 0.891. The molecule has 2 aromatic rings. The molecule has 0 aliphatic carbocycles. The SMILES string of the molecule is O=C(O)c1ccc(Cl)c(NC(=O)c2ccoc2Br)c1. The molecule has 0 fully saturated rings. The van der Waals surface area contributed by atoms with Crippen molar-refractivity contribution in [1.82, 2.24) is 0 Å². The number of carboxylic acids is 1. The summed E-state index contributed by atoms with van der Waals surface area (Å²) in [6, 6.07) is 5.53. The van der Waals surface area contributed by atoms with Crippen molar-refractivity contribution in [2.24, 2.45) is 0 Å². The molecule has 0 unspecified atom stereocenters. The van der Waals surface area contributed by atoms with Crippen molar-refractivity contribution in [3.63, 3.8) is 0 Å². The van der Waals surface area contributed by atoms with Gasteiger partial charge in [-0.05, 0) is 40.2 Å². The Balaban J connectivity index is 2.28. The molecule has 0 saturated carbocycles. The Hall–Kier alpha value is -1.79. The average molecular weight is 345 g/mol. The van der Waals surface area contributed by atoms with Crippen molar-refractivity contribution in [2.75, 3.05) is 5.32 Å². The van der Waals surface area contributed by atoms with Crippen LogP contribution in [0.4, 0.5) is 5.69 Å². The first-order chi connectivity index (χ1) is 8.99. The smallest absolute Gasteiger partial charge is 0.335 e. The summed E-state index contributed by atoms with van der Waals surface area (Å²) in [5.41, 5.74) is 0.544. The predicted octanol–water partition coefficient (Wildman–Crippen LogP) is 3.65. The maximum Gasteiger partial charge on any atom is 0.335 e. The van der Waals surface area contributed by atoms with Crippen LogP contribution < -0.4 is 5.32 Å². The molecular formula is C12H7BrClNO4. The summed E-state index contributed by atoms with van der Waals surface area (Å²) in [6.07, 6.45) is 1.36. The van der Waals surface area contributed by atoms with Crippen LogP contribution in [-0.4, -0.2) is 17.0 Å². The lowest BCUT2D eigenvalue weighted by molar-refractivity contribution is 0.0696. The highest BCUT2D eigenvalue weighted by Crippen LogP contribution is 2.25. The molecule has 0 saturated heterocycles. The van der Waals surface area contributed by atoms with Gasteiger partial charge in [0, 0.05) is 0 Å². The lowest BCUT2D eigenvalue weighted by Gasteiger charge is -2.07. The number of anilines is 1. The second-order valence-electron chi connectivity index (χ2n) is 3.56. The van der Waals surface area contributed by atoms with Crippen LogP contribution in [0, 0.1) is 0 Å². The van der Waals surface area contributed by atoms with Gasteiger partial charge in [-0.1, -0.05) is 11.6 Å². The minimum atomic E-state index is -1.10. The van der Waals surface area contributed by atoms with E-state index in [0.29, 0.717) is 0 Å². The Morgan fingerprint density at radius 3 is 2.63 bits per heavy atom. The molecule has 0 aliphatic rings. The number of furan rings is 1. The highest BCUT2D eigenvalue weighted by molar-refractivity contribution is 9.10. The van der Waals surface area contributed by atoms with E-state index in [0.717, 1.165) is 0 Å². The van der Waals surface area contributed by atoms with Crippen LogP contribution in [0.15, 0.2) is 39.6 Å². The number of aromatic carboxylic acids is 1. The van der Waals surface area contributed by atoms with Gasteiger partial charge in [-0.25, -0.2) is 4.79 Å². The van der Waals surface area contributed by atoms with E-state index < -0.39 is 11.9 Å². The van der Waals surface area contributed by atoms with Crippen LogP contribution in [0.25, 0.3) is 0 Å². The topological polar surface area (TPSA) is 79.5 Å². The maximum absolute atomic E-state index is 11.9. The van der Waals surface area contributed by atoms with Crippen LogP contribution in [0.3, 0.4) is 0 Å². The summed E-state index contributed by atoms with van der Waals surface area (Å²) in [7, 11) is 0. The Bertz CT molecular complexity index is 653. The number of hydrogen-bond acceptors (Lipinski definition) is 3. The third kappa shape index (κ3) is 2.97. The number of rotatable bonds is 3. The fraction of sp³-hybridized carbons (Fsp3) is 0. The number of carboxylic acid groups (broad SMARTS) is 1. The number of hydrogen-bond donors (Lipinski definition) is 2. The van der Waals surface area contributed by atoms with Gasteiger partial charge < -0.3 is 14.8 Å². The van der Waals surface area contributed by atoms with E-state index in [-0.39, 0.29) is 26.5 Å². The van der Waals surface area contributed by atoms with Gasteiger partial charge in [0.25, 0.3) is 5.91 Å². The molecule has 2 N–H and O–H groups in total. The van der Waals surface area contributed by atoms with E-state index in [1.165, 1.54) is 30.5 Å². The van der Waals surface area contributed by atoms with Gasteiger partial charge in [-0.3, -0.25) is 4.79 Å². The van der Waals surface area contributed by atoms with Crippen molar-refractivity contribution in [3.05, 3.63) is 51.3 Å².